The van der Waals surface area contributed by atoms with E-state index in [1.165, 1.54) is 23.6 Å². The Bertz CT molecular complexity index is 912. The summed E-state index contributed by atoms with van der Waals surface area (Å²) in [6, 6.07) is 2.05. The van der Waals surface area contributed by atoms with Crippen LogP contribution in [-0.2, 0) is 4.79 Å². The highest BCUT2D eigenvalue weighted by atomic mass is 32.1. The van der Waals surface area contributed by atoms with E-state index in [1.54, 1.807) is 4.90 Å². The minimum Gasteiger partial charge on any atom is -0.364 e. The molecule has 0 radical (unpaired) electrons. The number of nitrogens with two attached hydrogens (primary N) is 1. The molecule has 28 heavy (non-hydrogen) atoms. The van der Waals surface area contributed by atoms with Crippen LogP contribution in [0.25, 0.3) is 0 Å². The number of hydrogen-bond donors (Lipinski definition) is 2. The maximum absolute atomic E-state index is 12.0. The number of primary amides is 1. The van der Waals surface area contributed by atoms with Gasteiger partial charge < -0.3 is 20.9 Å². The second-order valence-corrected chi connectivity index (χ2v) is 7.76. The Morgan fingerprint density at radius 2 is 2.25 bits per heavy atom. The van der Waals surface area contributed by atoms with Gasteiger partial charge in [0, 0.05) is 19.6 Å². The van der Waals surface area contributed by atoms with Gasteiger partial charge in [-0.1, -0.05) is 6.58 Å². The van der Waals surface area contributed by atoms with Crippen molar-refractivity contribution in [1.29, 1.82) is 0 Å². The molecule has 0 saturated carbocycles. The molecule has 0 spiro atoms. The molecule has 9 heteroatoms. The third-order valence-corrected chi connectivity index (χ3v) is 5.96. The van der Waals surface area contributed by atoms with Crippen LogP contribution >= 0.6 is 11.3 Å². The molecule has 1 fully saturated rings. The van der Waals surface area contributed by atoms with Crippen molar-refractivity contribution >= 4 is 39.8 Å². The second kappa shape index (κ2) is 7.97. The number of aryl methyl sites for hydroxylation is 1. The predicted molar refractivity (Wildman–Crippen MR) is 111 cm³/mol. The quantitative estimate of drug-likeness (QED) is 0.721. The summed E-state index contributed by atoms with van der Waals surface area (Å²) in [7, 11) is 1.91. The molecular formula is C19H24N6O2S. The van der Waals surface area contributed by atoms with Crippen LogP contribution in [0.2, 0.25) is 0 Å². The van der Waals surface area contributed by atoms with Gasteiger partial charge >= 0.3 is 0 Å². The molecule has 148 valence electrons. The van der Waals surface area contributed by atoms with Gasteiger partial charge in [0.2, 0.25) is 5.91 Å². The van der Waals surface area contributed by atoms with Gasteiger partial charge in [0.25, 0.3) is 5.91 Å². The number of nitrogens with zero attached hydrogens (tertiary/aromatic N) is 4. The van der Waals surface area contributed by atoms with Crippen molar-refractivity contribution in [2.24, 2.45) is 5.73 Å². The van der Waals surface area contributed by atoms with Gasteiger partial charge in [-0.25, -0.2) is 9.97 Å². The molecule has 2 aromatic rings. The maximum Gasteiger partial charge on any atom is 0.271 e. The average Bonchev–Trinajstić information content (AvgIpc) is 3.25. The number of aromatic nitrogens is 2. The fourth-order valence-electron chi connectivity index (χ4n) is 3.47. The summed E-state index contributed by atoms with van der Waals surface area (Å²) in [6.45, 7) is 8.23. The molecule has 3 rings (SSSR count). The van der Waals surface area contributed by atoms with E-state index in [9.17, 15) is 9.59 Å². The van der Waals surface area contributed by atoms with Crippen molar-refractivity contribution < 1.29 is 9.59 Å². The molecule has 1 aliphatic rings. The van der Waals surface area contributed by atoms with Gasteiger partial charge in [-0.2, -0.15) is 0 Å². The second-order valence-electron chi connectivity index (χ2n) is 6.85. The van der Waals surface area contributed by atoms with Crippen LogP contribution < -0.4 is 16.0 Å². The third kappa shape index (κ3) is 3.84. The number of nitrogens with one attached hydrogen (secondary N) is 1. The number of rotatable bonds is 6. The molecule has 3 heterocycles. The summed E-state index contributed by atoms with van der Waals surface area (Å²) in [5.41, 5.74) is 6.67. The fraction of sp³-hybridized carbons (Fsp3) is 0.368. The molecular weight excluding hydrogens is 376 g/mol. The number of hydrogen-bond acceptors (Lipinski definition) is 7. The Morgan fingerprint density at radius 1 is 1.50 bits per heavy atom. The zero-order valence-electron chi connectivity index (χ0n) is 16.2. The van der Waals surface area contributed by atoms with Crippen LogP contribution in [-0.4, -0.2) is 52.4 Å². The number of anilines is 3. The Hall–Kier alpha value is -2.94. The highest BCUT2D eigenvalue weighted by Crippen LogP contribution is 2.29. The van der Waals surface area contributed by atoms with Crippen LogP contribution in [0.1, 0.15) is 29.4 Å². The SMILES string of the molecule is C=CC(=O)N1CC[C@@H](N(C)c2cnc(C(N)=O)c(Nc3cc(C)cs3)n2)[C@H]1C. The maximum atomic E-state index is 12.0. The fourth-order valence-corrected chi connectivity index (χ4v) is 4.26. The summed E-state index contributed by atoms with van der Waals surface area (Å²) >= 11 is 1.51. The minimum absolute atomic E-state index is 0.00414. The topological polar surface area (TPSA) is 104 Å². The van der Waals surface area contributed by atoms with Crippen molar-refractivity contribution in [3.05, 3.63) is 41.6 Å². The van der Waals surface area contributed by atoms with E-state index in [0.717, 1.165) is 17.0 Å². The van der Waals surface area contributed by atoms with Gasteiger partial charge in [0.05, 0.1) is 17.2 Å². The first-order valence-corrected chi connectivity index (χ1v) is 9.84. The van der Waals surface area contributed by atoms with Gasteiger partial charge in [0.1, 0.15) is 5.82 Å². The molecule has 3 N–H and O–H groups in total. The Morgan fingerprint density at radius 3 is 2.86 bits per heavy atom. The highest BCUT2D eigenvalue weighted by molar-refractivity contribution is 7.14. The first-order valence-electron chi connectivity index (χ1n) is 8.96. The lowest BCUT2D eigenvalue weighted by Gasteiger charge is -2.31. The zero-order valence-corrected chi connectivity index (χ0v) is 17.0. The van der Waals surface area contributed by atoms with E-state index in [4.69, 9.17) is 5.73 Å². The first-order chi connectivity index (χ1) is 13.3. The highest BCUT2D eigenvalue weighted by Gasteiger charge is 2.36. The lowest BCUT2D eigenvalue weighted by Crippen LogP contribution is -2.43. The summed E-state index contributed by atoms with van der Waals surface area (Å²) in [6.07, 6.45) is 3.68. The van der Waals surface area contributed by atoms with Gasteiger partial charge in [-0.3, -0.25) is 9.59 Å². The van der Waals surface area contributed by atoms with E-state index in [-0.39, 0.29) is 23.7 Å². The van der Waals surface area contributed by atoms with Crippen molar-refractivity contribution in [3.63, 3.8) is 0 Å². The van der Waals surface area contributed by atoms with E-state index >= 15 is 0 Å². The number of amides is 2. The van der Waals surface area contributed by atoms with Gasteiger partial charge in [-0.05, 0) is 43.4 Å². The van der Waals surface area contributed by atoms with Crippen molar-refractivity contribution in [2.45, 2.75) is 32.4 Å². The third-order valence-electron chi connectivity index (χ3n) is 5.00. The van der Waals surface area contributed by atoms with E-state index < -0.39 is 5.91 Å². The lowest BCUT2D eigenvalue weighted by molar-refractivity contribution is -0.126. The zero-order chi connectivity index (χ0) is 20.4. The van der Waals surface area contributed by atoms with Crippen LogP contribution in [0, 0.1) is 6.92 Å². The first kappa shape index (κ1) is 19.8. The van der Waals surface area contributed by atoms with Crippen LogP contribution in [0.4, 0.5) is 16.6 Å². The number of likely N-dealkylation sites (tertiary alicyclic amines) is 1. The van der Waals surface area contributed by atoms with E-state index in [0.29, 0.717) is 18.2 Å². The average molecular weight is 401 g/mol. The van der Waals surface area contributed by atoms with Crippen molar-refractivity contribution in [1.82, 2.24) is 14.9 Å². The number of thiophene rings is 1. The molecule has 1 aliphatic heterocycles. The standard InChI is InChI=1S/C19H24N6O2S/c1-5-16(26)25-7-6-13(12(25)3)24(4)14-9-21-17(18(20)27)19(22-14)23-15-8-11(2)10-28-15/h5,8-10,12-13H,1,6-7H2,2-4H3,(H2,20,27)(H,22,23)/t12-,13-/m1/s1. The van der Waals surface area contributed by atoms with Crippen molar-refractivity contribution in [2.75, 3.05) is 23.8 Å². The summed E-state index contributed by atoms with van der Waals surface area (Å²) in [5.74, 6) is 0.206. The van der Waals surface area contributed by atoms with E-state index in [1.807, 2.05) is 37.2 Å². The largest absolute Gasteiger partial charge is 0.364 e. The van der Waals surface area contributed by atoms with Crippen molar-refractivity contribution in [3.8, 4) is 0 Å². The molecule has 0 aromatic carbocycles. The molecule has 0 unspecified atom stereocenters. The van der Waals surface area contributed by atoms with Crippen LogP contribution in [0.3, 0.4) is 0 Å². The molecule has 2 atom stereocenters. The minimum atomic E-state index is -0.644. The monoisotopic (exact) mass is 400 g/mol. The molecule has 0 aliphatic carbocycles. The molecule has 2 amide bonds. The van der Waals surface area contributed by atoms with Gasteiger partial charge in [-0.15, -0.1) is 11.3 Å². The molecule has 1 saturated heterocycles. The Labute approximate surface area is 168 Å². The smallest absolute Gasteiger partial charge is 0.271 e. The predicted octanol–water partition coefficient (Wildman–Crippen LogP) is 2.30. The molecule has 0 bridgehead atoms. The number of carbonyl (C=O) groups is 2. The Kier molecular flexibility index (Phi) is 5.64. The number of likely N-dealkylation sites (N-methyl/N-ethyl adjacent to an activating group) is 1. The summed E-state index contributed by atoms with van der Waals surface area (Å²) < 4.78 is 0. The van der Waals surface area contributed by atoms with E-state index in [2.05, 4.69) is 21.9 Å². The van der Waals surface area contributed by atoms with Crippen LogP contribution in [0.15, 0.2) is 30.3 Å². The molecule has 8 nitrogen and oxygen atoms in total. The molecule has 2 aromatic heterocycles. The van der Waals surface area contributed by atoms with Gasteiger partial charge in [0.15, 0.2) is 11.5 Å². The summed E-state index contributed by atoms with van der Waals surface area (Å²) in [5, 5.41) is 6.00. The van der Waals surface area contributed by atoms with Crippen LogP contribution in [0.5, 0.6) is 0 Å². The number of carbonyl (C=O) groups excluding carboxylic acids is 2. The lowest BCUT2D eigenvalue weighted by atomic mass is 10.1. The normalized spacial score (nSPS) is 18.8. The Balaban J connectivity index is 1.87. The summed E-state index contributed by atoms with van der Waals surface area (Å²) in [4.78, 5) is 36.4.